The molecule has 2 N–H and O–H groups in total. The minimum Gasteiger partial charge on any atom is -0.496 e. The molecule has 0 bridgehead atoms. The van der Waals surface area contributed by atoms with Crippen LogP contribution in [0.4, 0.5) is 13.2 Å². The zero-order valence-electron chi connectivity index (χ0n) is 9.49. The average molecular weight is 281 g/mol. The van der Waals surface area contributed by atoms with E-state index in [2.05, 4.69) is 0 Å². The van der Waals surface area contributed by atoms with Crippen molar-refractivity contribution in [3.63, 3.8) is 0 Å². The van der Waals surface area contributed by atoms with Crippen LogP contribution in [-0.4, -0.2) is 7.11 Å². The van der Waals surface area contributed by atoms with Crippen LogP contribution in [0.2, 0.25) is 0 Å². The van der Waals surface area contributed by atoms with Crippen molar-refractivity contribution in [1.29, 1.82) is 5.26 Å². The number of methoxy groups -OCH3 is 1. The fourth-order valence-electron chi connectivity index (χ4n) is 1.40. The number of halogens is 4. The molecule has 1 aromatic rings. The Hall–Kier alpha value is -1.45. The van der Waals surface area contributed by atoms with Gasteiger partial charge in [-0.2, -0.15) is 18.4 Å². The van der Waals surface area contributed by atoms with Gasteiger partial charge in [0.05, 0.1) is 25.2 Å². The van der Waals surface area contributed by atoms with Crippen molar-refractivity contribution in [3.8, 4) is 11.8 Å². The number of nitriles is 1. The van der Waals surface area contributed by atoms with E-state index >= 15 is 0 Å². The summed E-state index contributed by atoms with van der Waals surface area (Å²) in [6.07, 6.45) is -4.41. The van der Waals surface area contributed by atoms with Gasteiger partial charge in [-0.25, -0.2) is 0 Å². The molecule has 1 rings (SSSR count). The van der Waals surface area contributed by atoms with E-state index in [9.17, 15) is 13.2 Å². The third-order valence-electron chi connectivity index (χ3n) is 2.27. The van der Waals surface area contributed by atoms with Gasteiger partial charge in [-0.15, -0.1) is 12.4 Å². The van der Waals surface area contributed by atoms with Crippen molar-refractivity contribution in [2.75, 3.05) is 7.11 Å². The average Bonchev–Trinajstić information content (AvgIpc) is 2.27. The van der Waals surface area contributed by atoms with Crippen LogP contribution in [-0.2, 0) is 6.18 Å². The van der Waals surface area contributed by atoms with Crippen LogP contribution in [0.1, 0.15) is 23.6 Å². The smallest absolute Gasteiger partial charge is 0.416 e. The number of nitrogens with zero attached hydrogens (tertiary/aromatic N) is 1. The van der Waals surface area contributed by atoms with Crippen molar-refractivity contribution in [2.24, 2.45) is 5.73 Å². The van der Waals surface area contributed by atoms with Crippen LogP contribution >= 0.6 is 12.4 Å². The summed E-state index contributed by atoms with van der Waals surface area (Å²) >= 11 is 0. The number of rotatable bonds is 3. The van der Waals surface area contributed by atoms with Crippen LogP contribution in [0.25, 0.3) is 0 Å². The SMILES string of the molecule is COc1cc(C(F)(F)F)ccc1[C@@H](N)CC#N.Cl. The lowest BCUT2D eigenvalue weighted by molar-refractivity contribution is -0.137. The highest BCUT2D eigenvalue weighted by atomic mass is 35.5. The van der Waals surface area contributed by atoms with Gasteiger partial charge < -0.3 is 10.5 Å². The topological polar surface area (TPSA) is 59.0 Å². The fraction of sp³-hybridized carbons (Fsp3) is 0.364. The number of ether oxygens (including phenoxy) is 1. The molecular weight excluding hydrogens is 269 g/mol. The molecule has 0 heterocycles. The van der Waals surface area contributed by atoms with E-state index in [1.807, 2.05) is 6.07 Å². The standard InChI is InChI=1S/C11H11F3N2O.ClH/c1-17-10-6-7(11(12,13)14)2-3-8(10)9(16)4-5-15;/h2-3,6,9H,4,16H2,1H3;1H/t9-;/m0./s1. The lowest BCUT2D eigenvalue weighted by Crippen LogP contribution is -2.12. The molecular formula is C11H12ClF3N2O. The number of hydrogen-bond acceptors (Lipinski definition) is 3. The molecule has 0 unspecified atom stereocenters. The Morgan fingerprint density at radius 1 is 1.44 bits per heavy atom. The first kappa shape index (κ1) is 16.6. The second-order valence-electron chi connectivity index (χ2n) is 3.42. The molecule has 0 radical (unpaired) electrons. The minimum atomic E-state index is -4.43. The maximum absolute atomic E-state index is 12.4. The molecule has 1 atom stereocenters. The third kappa shape index (κ3) is 3.79. The second kappa shape index (κ2) is 6.47. The molecule has 7 heteroatoms. The summed E-state index contributed by atoms with van der Waals surface area (Å²) in [4.78, 5) is 0. The lowest BCUT2D eigenvalue weighted by Gasteiger charge is -2.15. The van der Waals surface area contributed by atoms with E-state index < -0.39 is 17.8 Å². The van der Waals surface area contributed by atoms with Gasteiger partial charge in [-0.3, -0.25) is 0 Å². The van der Waals surface area contributed by atoms with Crippen molar-refractivity contribution in [3.05, 3.63) is 29.3 Å². The zero-order chi connectivity index (χ0) is 13.1. The van der Waals surface area contributed by atoms with Crippen LogP contribution < -0.4 is 10.5 Å². The quantitative estimate of drug-likeness (QED) is 0.926. The van der Waals surface area contributed by atoms with E-state index in [1.54, 1.807) is 0 Å². The highest BCUT2D eigenvalue weighted by Gasteiger charge is 2.31. The monoisotopic (exact) mass is 280 g/mol. The molecule has 0 aromatic heterocycles. The van der Waals surface area contributed by atoms with Crippen LogP contribution in [0.15, 0.2) is 18.2 Å². The highest BCUT2D eigenvalue weighted by molar-refractivity contribution is 5.85. The van der Waals surface area contributed by atoms with E-state index in [4.69, 9.17) is 15.7 Å². The molecule has 0 spiro atoms. The Bertz CT molecular complexity index is 443. The molecule has 0 aliphatic heterocycles. The highest BCUT2D eigenvalue weighted by Crippen LogP contribution is 2.34. The number of hydrogen-bond donors (Lipinski definition) is 1. The Kier molecular flexibility index (Phi) is 5.95. The third-order valence-corrected chi connectivity index (χ3v) is 2.27. The first-order valence-electron chi connectivity index (χ1n) is 4.77. The van der Waals surface area contributed by atoms with Crippen molar-refractivity contribution in [2.45, 2.75) is 18.6 Å². The Morgan fingerprint density at radius 2 is 2.06 bits per heavy atom. The number of alkyl halides is 3. The molecule has 18 heavy (non-hydrogen) atoms. The number of nitrogens with two attached hydrogens (primary N) is 1. The van der Waals surface area contributed by atoms with E-state index in [-0.39, 0.29) is 24.6 Å². The van der Waals surface area contributed by atoms with Crippen molar-refractivity contribution in [1.82, 2.24) is 0 Å². The van der Waals surface area contributed by atoms with Gasteiger partial charge in [0.25, 0.3) is 0 Å². The summed E-state index contributed by atoms with van der Waals surface area (Å²) < 4.78 is 42.2. The van der Waals surface area contributed by atoms with Gasteiger partial charge in [-0.05, 0) is 12.1 Å². The molecule has 0 amide bonds. The van der Waals surface area contributed by atoms with Crippen LogP contribution in [0, 0.1) is 11.3 Å². The minimum absolute atomic E-state index is 0. The lowest BCUT2D eigenvalue weighted by atomic mass is 10.0. The normalized spacial score (nSPS) is 12.2. The Labute approximate surface area is 109 Å². The van der Waals surface area contributed by atoms with E-state index in [0.29, 0.717) is 5.56 Å². The van der Waals surface area contributed by atoms with Gasteiger partial charge >= 0.3 is 6.18 Å². The Balaban J connectivity index is 0.00000289. The van der Waals surface area contributed by atoms with Gasteiger partial charge in [0.1, 0.15) is 5.75 Å². The molecule has 0 saturated carbocycles. The maximum atomic E-state index is 12.4. The second-order valence-corrected chi connectivity index (χ2v) is 3.42. The van der Waals surface area contributed by atoms with Gasteiger partial charge in [0, 0.05) is 11.6 Å². The van der Waals surface area contributed by atoms with E-state index in [0.717, 1.165) is 12.1 Å². The zero-order valence-corrected chi connectivity index (χ0v) is 10.3. The maximum Gasteiger partial charge on any atom is 0.416 e. The van der Waals surface area contributed by atoms with E-state index in [1.165, 1.54) is 13.2 Å². The summed E-state index contributed by atoms with van der Waals surface area (Å²) in [6.45, 7) is 0. The molecule has 0 fully saturated rings. The van der Waals surface area contributed by atoms with Crippen molar-refractivity contribution < 1.29 is 17.9 Å². The van der Waals surface area contributed by atoms with Gasteiger partial charge in [0.2, 0.25) is 0 Å². The van der Waals surface area contributed by atoms with Crippen LogP contribution in [0.3, 0.4) is 0 Å². The first-order valence-corrected chi connectivity index (χ1v) is 4.77. The predicted molar refractivity (Wildman–Crippen MR) is 62.4 cm³/mol. The summed E-state index contributed by atoms with van der Waals surface area (Å²) in [7, 11) is 1.26. The van der Waals surface area contributed by atoms with Gasteiger partial charge in [-0.1, -0.05) is 6.07 Å². The molecule has 100 valence electrons. The summed E-state index contributed by atoms with van der Waals surface area (Å²) in [5, 5.41) is 8.49. The Morgan fingerprint density at radius 3 is 2.50 bits per heavy atom. The summed E-state index contributed by atoms with van der Waals surface area (Å²) in [6, 6.07) is 4.25. The summed E-state index contributed by atoms with van der Waals surface area (Å²) in [5.41, 5.74) is 5.24. The fourth-order valence-corrected chi connectivity index (χ4v) is 1.40. The number of benzene rings is 1. The molecule has 0 aliphatic rings. The van der Waals surface area contributed by atoms with Crippen molar-refractivity contribution >= 4 is 12.4 Å². The molecule has 0 saturated heterocycles. The largest absolute Gasteiger partial charge is 0.496 e. The molecule has 0 aliphatic carbocycles. The first-order chi connectivity index (χ1) is 7.90. The van der Waals surface area contributed by atoms with Gasteiger partial charge in [0.15, 0.2) is 0 Å². The molecule has 1 aromatic carbocycles. The molecule has 3 nitrogen and oxygen atoms in total. The summed E-state index contributed by atoms with van der Waals surface area (Å²) in [5.74, 6) is 0.0441. The van der Waals surface area contributed by atoms with Crippen LogP contribution in [0.5, 0.6) is 5.75 Å². The predicted octanol–water partition coefficient (Wildman–Crippen LogP) is 3.05.